The average molecular weight is 274 g/mol. The summed E-state index contributed by atoms with van der Waals surface area (Å²) in [5, 5.41) is 0. The molecule has 0 aliphatic rings. The molecule has 0 amide bonds. The van der Waals surface area contributed by atoms with Gasteiger partial charge >= 0.3 is 0 Å². The highest BCUT2D eigenvalue weighted by atomic mass is 32.2. The highest BCUT2D eigenvalue weighted by Crippen LogP contribution is 2.20. The van der Waals surface area contributed by atoms with Gasteiger partial charge in [-0.1, -0.05) is 0 Å². The standard InChI is InChI=1S/C13H19FO3S/c1-10-9-11(14)5-6-12(10)17-7-8-18(15,16)13(2,3)4/h5-6,9H,7-8H2,1-4H3. The van der Waals surface area contributed by atoms with Crippen molar-refractivity contribution in [1.82, 2.24) is 0 Å². The van der Waals surface area contributed by atoms with Crippen molar-refractivity contribution in [2.75, 3.05) is 12.4 Å². The van der Waals surface area contributed by atoms with Gasteiger partial charge < -0.3 is 4.74 Å². The van der Waals surface area contributed by atoms with E-state index in [0.717, 1.165) is 0 Å². The maximum absolute atomic E-state index is 12.9. The van der Waals surface area contributed by atoms with Gasteiger partial charge in [0.1, 0.15) is 18.2 Å². The number of benzene rings is 1. The van der Waals surface area contributed by atoms with Gasteiger partial charge in [0.25, 0.3) is 0 Å². The largest absolute Gasteiger partial charge is 0.492 e. The third-order valence-electron chi connectivity index (χ3n) is 2.68. The van der Waals surface area contributed by atoms with Gasteiger partial charge in [-0.3, -0.25) is 0 Å². The van der Waals surface area contributed by atoms with Crippen molar-refractivity contribution in [2.24, 2.45) is 0 Å². The Balaban J connectivity index is 2.63. The highest BCUT2D eigenvalue weighted by Gasteiger charge is 2.28. The van der Waals surface area contributed by atoms with Crippen LogP contribution in [-0.2, 0) is 9.84 Å². The van der Waals surface area contributed by atoms with E-state index in [0.29, 0.717) is 11.3 Å². The Bertz CT molecular complexity index is 516. The summed E-state index contributed by atoms with van der Waals surface area (Å²) in [5.74, 6) is 0.135. The van der Waals surface area contributed by atoms with Crippen LogP contribution in [0, 0.1) is 12.7 Å². The number of hydrogen-bond acceptors (Lipinski definition) is 3. The average Bonchev–Trinajstić information content (AvgIpc) is 2.19. The maximum Gasteiger partial charge on any atom is 0.158 e. The van der Waals surface area contributed by atoms with Crippen molar-refractivity contribution >= 4 is 9.84 Å². The summed E-state index contributed by atoms with van der Waals surface area (Å²) in [7, 11) is -3.19. The number of rotatable bonds is 4. The van der Waals surface area contributed by atoms with Gasteiger partial charge in [0.05, 0.1) is 10.5 Å². The van der Waals surface area contributed by atoms with Gasteiger partial charge in [0.15, 0.2) is 9.84 Å². The minimum atomic E-state index is -3.19. The molecule has 0 saturated heterocycles. The first-order chi connectivity index (χ1) is 8.13. The molecule has 0 aliphatic carbocycles. The number of halogens is 1. The molecule has 1 aromatic rings. The Hall–Kier alpha value is -1.10. The molecule has 0 bridgehead atoms. The predicted molar refractivity (Wildman–Crippen MR) is 70.2 cm³/mol. The van der Waals surface area contributed by atoms with E-state index in [-0.39, 0.29) is 18.2 Å². The van der Waals surface area contributed by atoms with E-state index in [1.807, 2.05) is 0 Å². The molecule has 0 fully saturated rings. The Morgan fingerprint density at radius 2 is 1.89 bits per heavy atom. The lowest BCUT2D eigenvalue weighted by Crippen LogP contribution is -2.32. The van der Waals surface area contributed by atoms with E-state index in [2.05, 4.69) is 0 Å². The van der Waals surface area contributed by atoms with Crippen LogP contribution in [-0.4, -0.2) is 25.5 Å². The summed E-state index contributed by atoms with van der Waals surface area (Å²) in [4.78, 5) is 0. The predicted octanol–water partition coefficient (Wildman–Crippen LogP) is 2.73. The fourth-order valence-electron chi connectivity index (χ4n) is 1.34. The topological polar surface area (TPSA) is 43.4 Å². The summed E-state index contributed by atoms with van der Waals surface area (Å²) in [6, 6.07) is 4.16. The lowest BCUT2D eigenvalue weighted by molar-refractivity contribution is 0.336. The van der Waals surface area contributed by atoms with E-state index < -0.39 is 14.6 Å². The first-order valence-electron chi connectivity index (χ1n) is 5.75. The molecule has 0 heterocycles. The molecule has 0 aromatic heterocycles. The zero-order valence-corrected chi connectivity index (χ0v) is 12.0. The molecule has 18 heavy (non-hydrogen) atoms. The molecule has 102 valence electrons. The van der Waals surface area contributed by atoms with Crippen LogP contribution in [0.3, 0.4) is 0 Å². The number of ether oxygens (including phenoxy) is 1. The molecular formula is C13H19FO3S. The van der Waals surface area contributed by atoms with Gasteiger partial charge in [0, 0.05) is 0 Å². The van der Waals surface area contributed by atoms with Crippen LogP contribution in [0.5, 0.6) is 5.75 Å². The van der Waals surface area contributed by atoms with E-state index in [1.165, 1.54) is 18.2 Å². The molecule has 0 spiro atoms. The molecule has 0 saturated carbocycles. The summed E-state index contributed by atoms with van der Waals surface area (Å²) in [6.45, 7) is 6.77. The van der Waals surface area contributed by atoms with Crippen molar-refractivity contribution in [3.8, 4) is 5.75 Å². The normalized spacial score (nSPS) is 12.5. The summed E-state index contributed by atoms with van der Waals surface area (Å²) in [6.07, 6.45) is 0. The Kier molecular flexibility index (Phi) is 4.37. The second kappa shape index (κ2) is 5.26. The lowest BCUT2D eigenvalue weighted by Gasteiger charge is -2.19. The van der Waals surface area contributed by atoms with Gasteiger partial charge in [-0.25, -0.2) is 12.8 Å². The van der Waals surface area contributed by atoms with E-state index in [1.54, 1.807) is 27.7 Å². The third-order valence-corrected chi connectivity index (χ3v) is 5.25. The molecule has 0 atom stereocenters. The fourth-order valence-corrected chi connectivity index (χ4v) is 2.26. The van der Waals surface area contributed by atoms with E-state index >= 15 is 0 Å². The third kappa shape index (κ3) is 3.70. The first-order valence-corrected chi connectivity index (χ1v) is 7.40. The SMILES string of the molecule is Cc1cc(F)ccc1OCCS(=O)(=O)C(C)(C)C. The highest BCUT2D eigenvalue weighted by molar-refractivity contribution is 7.92. The van der Waals surface area contributed by atoms with Gasteiger partial charge in [0.2, 0.25) is 0 Å². The van der Waals surface area contributed by atoms with Crippen LogP contribution in [0.15, 0.2) is 18.2 Å². The maximum atomic E-state index is 12.9. The summed E-state index contributed by atoms with van der Waals surface area (Å²) in [5.41, 5.74) is 0.656. The Morgan fingerprint density at radius 3 is 2.39 bits per heavy atom. The molecule has 0 N–H and O–H groups in total. The molecule has 1 rings (SSSR count). The second-order valence-corrected chi connectivity index (χ2v) is 8.05. The summed E-state index contributed by atoms with van der Waals surface area (Å²) >= 11 is 0. The fraction of sp³-hybridized carbons (Fsp3) is 0.538. The molecule has 0 radical (unpaired) electrons. The smallest absolute Gasteiger partial charge is 0.158 e. The number of hydrogen-bond donors (Lipinski definition) is 0. The molecule has 0 unspecified atom stereocenters. The van der Waals surface area contributed by atoms with E-state index in [4.69, 9.17) is 4.74 Å². The van der Waals surface area contributed by atoms with Crippen LogP contribution in [0.4, 0.5) is 4.39 Å². The number of aryl methyl sites for hydroxylation is 1. The molecule has 3 nitrogen and oxygen atoms in total. The van der Waals surface area contributed by atoms with Crippen molar-refractivity contribution in [2.45, 2.75) is 32.4 Å². The zero-order chi connectivity index (χ0) is 14.0. The Labute approximate surface area is 108 Å². The Morgan fingerprint density at radius 1 is 1.28 bits per heavy atom. The van der Waals surface area contributed by atoms with Crippen LogP contribution >= 0.6 is 0 Å². The van der Waals surface area contributed by atoms with Crippen molar-refractivity contribution < 1.29 is 17.5 Å². The summed E-state index contributed by atoms with van der Waals surface area (Å²) < 4.78 is 41.1. The van der Waals surface area contributed by atoms with Crippen molar-refractivity contribution in [1.29, 1.82) is 0 Å². The van der Waals surface area contributed by atoms with Crippen molar-refractivity contribution in [3.63, 3.8) is 0 Å². The van der Waals surface area contributed by atoms with E-state index in [9.17, 15) is 12.8 Å². The zero-order valence-electron chi connectivity index (χ0n) is 11.2. The van der Waals surface area contributed by atoms with Crippen LogP contribution < -0.4 is 4.74 Å². The lowest BCUT2D eigenvalue weighted by atomic mass is 10.2. The first kappa shape index (κ1) is 15.0. The van der Waals surface area contributed by atoms with Gasteiger partial charge in [-0.05, 0) is 51.5 Å². The molecule has 5 heteroatoms. The molecule has 1 aromatic carbocycles. The van der Waals surface area contributed by atoms with Crippen molar-refractivity contribution in [3.05, 3.63) is 29.6 Å². The van der Waals surface area contributed by atoms with Crippen LogP contribution in [0.1, 0.15) is 26.3 Å². The van der Waals surface area contributed by atoms with Gasteiger partial charge in [-0.2, -0.15) is 0 Å². The van der Waals surface area contributed by atoms with Gasteiger partial charge in [-0.15, -0.1) is 0 Å². The molecular weight excluding hydrogens is 255 g/mol. The van der Waals surface area contributed by atoms with Crippen LogP contribution in [0.25, 0.3) is 0 Å². The molecule has 0 aliphatic heterocycles. The number of sulfone groups is 1. The minimum absolute atomic E-state index is 0.0483. The monoisotopic (exact) mass is 274 g/mol. The quantitative estimate of drug-likeness (QED) is 0.848. The van der Waals surface area contributed by atoms with Crippen LogP contribution in [0.2, 0.25) is 0 Å². The minimum Gasteiger partial charge on any atom is -0.492 e. The second-order valence-electron chi connectivity index (χ2n) is 5.19.